The Hall–Kier alpha value is -1.63. The van der Waals surface area contributed by atoms with Crippen LogP contribution in [0.3, 0.4) is 0 Å². The first-order valence-corrected chi connectivity index (χ1v) is 5.51. The molecule has 2 aliphatic rings. The minimum atomic E-state index is -1.04. The molecule has 94 valence electrons. The molecule has 0 bridgehead atoms. The van der Waals surface area contributed by atoms with Gasteiger partial charge in [0.15, 0.2) is 6.10 Å². The summed E-state index contributed by atoms with van der Waals surface area (Å²) in [6, 6.07) is 0. The fourth-order valence-corrected chi connectivity index (χ4v) is 2.03. The molecule has 0 spiro atoms. The van der Waals surface area contributed by atoms with Crippen LogP contribution < -0.4 is 5.32 Å². The monoisotopic (exact) mass is 242 g/mol. The summed E-state index contributed by atoms with van der Waals surface area (Å²) in [5.41, 5.74) is 0. The summed E-state index contributed by atoms with van der Waals surface area (Å²) < 4.78 is 5.15. The van der Waals surface area contributed by atoms with E-state index >= 15 is 0 Å². The van der Waals surface area contributed by atoms with Crippen molar-refractivity contribution in [3.05, 3.63) is 0 Å². The molecule has 2 N–H and O–H groups in total. The fourth-order valence-electron chi connectivity index (χ4n) is 2.03. The second-order valence-electron chi connectivity index (χ2n) is 4.14. The molecule has 2 heterocycles. The number of nitrogens with one attached hydrogen (secondary N) is 1. The van der Waals surface area contributed by atoms with E-state index in [4.69, 9.17) is 9.84 Å². The van der Waals surface area contributed by atoms with E-state index in [0.717, 1.165) is 0 Å². The maximum Gasteiger partial charge on any atom is 0.332 e. The Morgan fingerprint density at radius 1 is 1.35 bits per heavy atom. The molecule has 0 aromatic heterocycles. The van der Waals surface area contributed by atoms with Crippen molar-refractivity contribution < 1.29 is 24.2 Å². The third-order valence-electron chi connectivity index (χ3n) is 2.92. The van der Waals surface area contributed by atoms with E-state index in [9.17, 15) is 14.4 Å². The van der Waals surface area contributed by atoms with Crippen LogP contribution in [0.1, 0.15) is 12.8 Å². The number of amides is 2. The zero-order chi connectivity index (χ0) is 12.4. The molecule has 0 aliphatic carbocycles. The van der Waals surface area contributed by atoms with Crippen molar-refractivity contribution in [2.75, 3.05) is 19.6 Å². The second-order valence-corrected chi connectivity index (χ2v) is 4.14. The van der Waals surface area contributed by atoms with Crippen molar-refractivity contribution in [3.8, 4) is 0 Å². The highest BCUT2D eigenvalue weighted by atomic mass is 16.5. The van der Waals surface area contributed by atoms with Crippen LogP contribution in [0, 0.1) is 0 Å². The smallest absolute Gasteiger partial charge is 0.332 e. The molecule has 2 aliphatic heterocycles. The van der Waals surface area contributed by atoms with Crippen LogP contribution in [0.4, 0.5) is 0 Å². The number of aliphatic carboxylic acids is 1. The lowest BCUT2D eigenvalue weighted by Gasteiger charge is -2.28. The number of piperazine rings is 1. The molecule has 7 nitrogen and oxygen atoms in total. The summed E-state index contributed by atoms with van der Waals surface area (Å²) in [6.45, 7) is 0.901. The highest BCUT2D eigenvalue weighted by Gasteiger charge is 2.37. The van der Waals surface area contributed by atoms with Gasteiger partial charge in [0.05, 0.1) is 6.54 Å². The lowest BCUT2D eigenvalue weighted by Crippen LogP contribution is -2.52. The van der Waals surface area contributed by atoms with Gasteiger partial charge >= 0.3 is 5.97 Å². The van der Waals surface area contributed by atoms with Crippen molar-refractivity contribution in [1.29, 1.82) is 0 Å². The van der Waals surface area contributed by atoms with Gasteiger partial charge in [0.25, 0.3) is 5.91 Å². The highest BCUT2D eigenvalue weighted by Crippen LogP contribution is 2.21. The first kappa shape index (κ1) is 11.8. The fraction of sp³-hybridized carbons (Fsp3) is 0.700. The number of hydrogen-bond donors (Lipinski definition) is 2. The summed E-state index contributed by atoms with van der Waals surface area (Å²) in [5, 5.41) is 11.4. The van der Waals surface area contributed by atoms with Crippen molar-refractivity contribution >= 4 is 17.8 Å². The summed E-state index contributed by atoms with van der Waals surface area (Å²) in [5.74, 6) is -1.53. The standard InChI is InChI=1S/C10H14N2O5/c13-8-5-12(4-3-11-8)9(14)6-1-2-7(17-6)10(15)16/h6-7H,1-5H2,(H,11,13)(H,15,16)/t6-,7+/m0/s1. The summed E-state index contributed by atoms with van der Waals surface area (Å²) >= 11 is 0. The first-order valence-electron chi connectivity index (χ1n) is 5.51. The van der Waals surface area contributed by atoms with Crippen molar-refractivity contribution in [1.82, 2.24) is 10.2 Å². The third-order valence-corrected chi connectivity index (χ3v) is 2.92. The normalized spacial score (nSPS) is 28.9. The molecule has 0 saturated carbocycles. The predicted octanol–water partition coefficient (Wildman–Crippen LogP) is -1.42. The molecule has 2 amide bonds. The average molecular weight is 242 g/mol. The van der Waals surface area contributed by atoms with Gasteiger partial charge in [-0.2, -0.15) is 0 Å². The number of carboxylic acids is 1. The Kier molecular flexibility index (Phi) is 3.28. The van der Waals surface area contributed by atoms with Crippen LogP contribution in [0.25, 0.3) is 0 Å². The Bertz CT molecular complexity index is 357. The van der Waals surface area contributed by atoms with Gasteiger partial charge in [-0.1, -0.05) is 0 Å². The van der Waals surface area contributed by atoms with Crippen LogP contribution in [-0.4, -0.2) is 59.6 Å². The molecule has 2 saturated heterocycles. The first-order chi connectivity index (χ1) is 8.08. The lowest BCUT2D eigenvalue weighted by molar-refractivity contribution is -0.156. The van der Waals surface area contributed by atoms with E-state index in [2.05, 4.69) is 5.32 Å². The van der Waals surface area contributed by atoms with E-state index in [1.807, 2.05) is 0 Å². The van der Waals surface area contributed by atoms with Gasteiger partial charge < -0.3 is 20.1 Å². The molecular formula is C10H14N2O5. The quantitative estimate of drug-likeness (QED) is 0.619. The Balaban J connectivity index is 1.92. The largest absolute Gasteiger partial charge is 0.479 e. The minimum absolute atomic E-state index is 0.0242. The molecule has 0 radical (unpaired) electrons. The predicted molar refractivity (Wildman–Crippen MR) is 55.1 cm³/mol. The molecule has 0 aromatic carbocycles. The number of ether oxygens (including phenoxy) is 1. The SMILES string of the molecule is O=C1CN(C(=O)[C@@H]2CC[C@H](C(=O)O)O2)CCN1. The average Bonchev–Trinajstić information content (AvgIpc) is 2.77. The van der Waals surface area contributed by atoms with Gasteiger partial charge in [-0.05, 0) is 12.8 Å². The number of rotatable bonds is 2. The van der Waals surface area contributed by atoms with E-state index in [1.54, 1.807) is 0 Å². The Morgan fingerprint density at radius 3 is 2.65 bits per heavy atom. The van der Waals surface area contributed by atoms with Crippen LogP contribution in [0.2, 0.25) is 0 Å². The van der Waals surface area contributed by atoms with Crippen LogP contribution in [-0.2, 0) is 19.1 Å². The van der Waals surface area contributed by atoms with E-state index in [-0.39, 0.29) is 18.4 Å². The molecule has 17 heavy (non-hydrogen) atoms. The molecule has 0 unspecified atom stereocenters. The third kappa shape index (κ3) is 2.55. The zero-order valence-electron chi connectivity index (χ0n) is 9.22. The van der Waals surface area contributed by atoms with E-state index < -0.39 is 18.2 Å². The molecule has 2 atom stereocenters. The number of nitrogens with zero attached hydrogens (tertiary/aromatic N) is 1. The summed E-state index contributed by atoms with van der Waals surface area (Å²) in [4.78, 5) is 35.2. The summed E-state index contributed by atoms with van der Waals surface area (Å²) in [7, 11) is 0. The highest BCUT2D eigenvalue weighted by molar-refractivity contribution is 5.88. The maximum atomic E-state index is 11.9. The number of carboxylic acid groups (broad SMARTS) is 1. The number of hydrogen-bond acceptors (Lipinski definition) is 4. The topological polar surface area (TPSA) is 95.9 Å². The lowest BCUT2D eigenvalue weighted by atomic mass is 10.1. The Morgan fingerprint density at radius 2 is 2.06 bits per heavy atom. The van der Waals surface area contributed by atoms with E-state index in [0.29, 0.717) is 25.9 Å². The van der Waals surface area contributed by atoms with E-state index in [1.165, 1.54) is 4.90 Å². The molecule has 2 rings (SSSR count). The molecule has 2 fully saturated rings. The summed E-state index contributed by atoms with van der Waals surface area (Å²) in [6.07, 6.45) is -0.885. The van der Waals surface area contributed by atoms with Gasteiger partial charge in [0, 0.05) is 13.1 Å². The molecular weight excluding hydrogens is 228 g/mol. The van der Waals surface area contributed by atoms with Crippen LogP contribution in [0.15, 0.2) is 0 Å². The minimum Gasteiger partial charge on any atom is -0.479 e. The number of carbonyl (C=O) groups is 3. The van der Waals surface area contributed by atoms with Crippen molar-refractivity contribution in [3.63, 3.8) is 0 Å². The zero-order valence-corrected chi connectivity index (χ0v) is 9.22. The van der Waals surface area contributed by atoms with Gasteiger partial charge in [-0.25, -0.2) is 4.79 Å². The number of carbonyl (C=O) groups excluding carboxylic acids is 2. The van der Waals surface area contributed by atoms with Crippen molar-refractivity contribution in [2.45, 2.75) is 25.0 Å². The van der Waals surface area contributed by atoms with Crippen LogP contribution >= 0.6 is 0 Å². The van der Waals surface area contributed by atoms with Crippen LogP contribution in [0.5, 0.6) is 0 Å². The van der Waals surface area contributed by atoms with Gasteiger partial charge in [-0.15, -0.1) is 0 Å². The molecule has 0 aromatic rings. The van der Waals surface area contributed by atoms with Crippen molar-refractivity contribution in [2.24, 2.45) is 0 Å². The Labute approximate surface area is 97.7 Å². The second kappa shape index (κ2) is 4.70. The molecule has 7 heteroatoms. The maximum absolute atomic E-state index is 11.9. The van der Waals surface area contributed by atoms with Gasteiger partial charge in [-0.3, -0.25) is 9.59 Å². The van der Waals surface area contributed by atoms with Gasteiger partial charge in [0.2, 0.25) is 5.91 Å². The van der Waals surface area contributed by atoms with Gasteiger partial charge in [0.1, 0.15) is 6.10 Å².